The second-order valence-corrected chi connectivity index (χ2v) is 9.97. The maximum Gasteiger partial charge on any atom is 0.261 e. The van der Waals surface area contributed by atoms with Crippen LogP contribution >= 0.6 is 11.6 Å². The van der Waals surface area contributed by atoms with Gasteiger partial charge in [0.05, 0.1) is 61.3 Å². The van der Waals surface area contributed by atoms with Gasteiger partial charge in [-0.15, -0.1) is 0 Å². The molecule has 12 heteroatoms. The third-order valence-corrected chi connectivity index (χ3v) is 6.70. The summed E-state index contributed by atoms with van der Waals surface area (Å²) in [4.78, 5) is 41.8. The third kappa shape index (κ3) is 10.3. The first-order valence-electron chi connectivity index (χ1n) is 13.6. The number of benzene rings is 1. The lowest BCUT2D eigenvalue weighted by molar-refractivity contribution is -0.122. The molecule has 0 aliphatic carbocycles. The lowest BCUT2D eigenvalue weighted by Crippen LogP contribution is -2.46. The van der Waals surface area contributed by atoms with Crippen molar-refractivity contribution in [1.29, 1.82) is 0 Å². The number of nitrogens with one attached hydrogen (secondary N) is 2. The molecule has 0 radical (unpaired) electrons. The first kappa shape index (κ1) is 31.7. The molecule has 1 saturated heterocycles. The number of ether oxygens (including phenoxy) is 2. The van der Waals surface area contributed by atoms with E-state index in [0.717, 1.165) is 13.0 Å². The Morgan fingerprint density at radius 3 is 2.83 bits per heavy atom. The molecule has 0 saturated carbocycles. The maximum atomic E-state index is 13.0. The quantitative estimate of drug-likeness (QED) is 0.178. The molecule has 11 nitrogen and oxygen atoms in total. The first-order valence-corrected chi connectivity index (χ1v) is 14.0. The first-order chi connectivity index (χ1) is 19.4. The average Bonchev–Trinajstić information content (AvgIpc) is 2.93. The third-order valence-electron chi connectivity index (χ3n) is 6.39. The second-order valence-electron chi connectivity index (χ2n) is 9.56. The predicted molar refractivity (Wildman–Crippen MR) is 152 cm³/mol. The molecule has 1 aliphatic rings. The summed E-state index contributed by atoms with van der Waals surface area (Å²) in [5, 5.41) is 16.6. The smallest absolute Gasteiger partial charge is 0.261 e. The number of aliphatic hydroxyl groups excluding tert-OH is 1. The number of carbonyl (C=O) groups is 2. The summed E-state index contributed by atoms with van der Waals surface area (Å²) in [6, 6.07) is 2.87. The van der Waals surface area contributed by atoms with E-state index in [9.17, 15) is 19.5 Å². The molecular formula is C28H38ClN5O6. The van der Waals surface area contributed by atoms with E-state index in [4.69, 9.17) is 26.8 Å². The molecule has 1 aromatic carbocycles. The number of hydrogen-bond donors (Lipinski definition) is 4. The summed E-state index contributed by atoms with van der Waals surface area (Å²) in [5.74, 6) is 5.77. The molecule has 0 unspecified atom stereocenters. The van der Waals surface area contributed by atoms with Crippen LogP contribution in [0, 0.1) is 11.8 Å². The molecule has 0 bridgehead atoms. The Morgan fingerprint density at radius 2 is 2.05 bits per heavy atom. The number of unbranched alkanes of at least 4 members (excludes halogenated alkanes) is 1. The van der Waals surface area contributed by atoms with Crippen molar-refractivity contribution in [2.45, 2.75) is 57.2 Å². The van der Waals surface area contributed by atoms with Gasteiger partial charge in [-0.2, -0.15) is 0 Å². The normalized spacial score (nSPS) is 16.9. The van der Waals surface area contributed by atoms with Crippen molar-refractivity contribution in [1.82, 2.24) is 20.2 Å². The summed E-state index contributed by atoms with van der Waals surface area (Å²) in [6.07, 6.45) is 3.87. The molecule has 5 N–H and O–H groups in total. The van der Waals surface area contributed by atoms with Gasteiger partial charge < -0.3 is 30.9 Å². The number of Topliss-reactive ketones (excluding diaryl/α,β-unsaturated/α-hetero) is 1. The van der Waals surface area contributed by atoms with Crippen molar-refractivity contribution in [3.63, 3.8) is 0 Å². The molecule has 2 heterocycles. The van der Waals surface area contributed by atoms with Crippen molar-refractivity contribution < 1.29 is 24.2 Å². The van der Waals surface area contributed by atoms with E-state index in [2.05, 4.69) is 27.5 Å². The Balaban J connectivity index is 1.45. The average molecular weight is 576 g/mol. The Bertz CT molecular complexity index is 1260. The van der Waals surface area contributed by atoms with Crippen molar-refractivity contribution in [2.24, 2.45) is 5.73 Å². The standard InChI is InChI=1S/C28H38ClN5O6/c29-23-17-22-24(33-19-34(28(22)38)18-21(35)16-25-26(36)6-4-9-31-25)15-20(23)5-2-1-3-7-27(37)32-10-12-40-14-13-39-11-8-30/h15,17,19,25-26,31,36H,1,3-4,6-14,16,18,30H2,(H,32,37)/t25-,26+/m0/s1. The minimum atomic E-state index is -0.567. The molecule has 1 aromatic heterocycles. The number of nitrogens with zero attached hydrogens (tertiary/aromatic N) is 2. The summed E-state index contributed by atoms with van der Waals surface area (Å²) in [5.41, 5.74) is 5.92. The van der Waals surface area contributed by atoms with E-state index < -0.39 is 6.10 Å². The van der Waals surface area contributed by atoms with Crippen LogP contribution in [0.25, 0.3) is 10.9 Å². The molecule has 40 heavy (non-hydrogen) atoms. The number of halogens is 1. The fourth-order valence-electron chi connectivity index (χ4n) is 4.28. The number of fused-ring (bicyclic) bond motifs is 1. The zero-order valence-electron chi connectivity index (χ0n) is 22.6. The number of nitrogens with two attached hydrogens (primary N) is 1. The molecular weight excluding hydrogens is 538 g/mol. The summed E-state index contributed by atoms with van der Waals surface area (Å²) < 4.78 is 11.8. The van der Waals surface area contributed by atoms with Gasteiger partial charge >= 0.3 is 0 Å². The predicted octanol–water partition coefficient (Wildman–Crippen LogP) is 0.752. The topological polar surface area (TPSA) is 158 Å². The summed E-state index contributed by atoms with van der Waals surface area (Å²) in [7, 11) is 0. The zero-order valence-corrected chi connectivity index (χ0v) is 23.4. The Morgan fingerprint density at radius 1 is 1.25 bits per heavy atom. The fourth-order valence-corrected chi connectivity index (χ4v) is 4.49. The Kier molecular flexibility index (Phi) is 13.5. The number of rotatable bonds is 15. The minimum Gasteiger partial charge on any atom is -0.391 e. The highest BCUT2D eigenvalue weighted by Crippen LogP contribution is 2.20. The second kappa shape index (κ2) is 17.1. The van der Waals surface area contributed by atoms with Gasteiger partial charge in [0.25, 0.3) is 5.56 Å². The van der Waals surface area contributed by atoms with Crippen molar-refractivity contribution in [3.8, 4) is 11.8 Å². The molecule has 1 fully saturated rings. The number of hydrogen-bond acceptors (Lipinski definition) is 9. The Hall–Kier alpha value is -2.85. The molecule has 1 amide bonds. The number of aliphatic hydroxyl groups is 1. The SMILES string of the molecule is NCCOCCOCCNC(=O)CCCC#Cc1cc2ncn(CC(=O)C[C@@H]3NCCC[C@H]3O)c(=O)c2cc1Cl. The van der Waals surface area contributed by atoms with Gasteiger partial charge in [-0.1, -0.05) is 23.4 Å². The minimum absolute atomic E-state index is 0.0707. The number of aromatic nitrogens is 2. The van der Waals surface area contributed by atoms with E-state index in [1.165, 1.54) is 17.0 Å². The molecule has 3 rings (SSSR count). The highest BCUT2D eigenvalue weighted by molar-refractivity contribution is 6.32. The van der Waals surface area contributed by atoms with Crippen molar-refractivity contribution in [3.05, 3.63) is 39.4 Å². The molecule has 2 atom stereocenters. The van der Waals surface area contributed by atoms with Crippen LogP contribution in [-0.2, 0) is 25.6 Å². The highest BCUT2D eigenvalue weighted by atomic mass is 35.5. The van der Waals surface area contributed by atoms with E-state index in [1.54, 1.807) is 6.07 Å². The van der Waals surface area contributed by atoms with Crippen LogP contribution < -0.4 is 21.9 Å². The van der Waals surface area contributed by atoms with E-state index in [1.807, 2.05) is 0 Å². The number of piperidine rings is 1. The number of amides is 1. The van der Waals surface area contributed by atoms with Crippen LogP contribution in [-0.4, -0.2) is 84.6 Å². The largest absolute Gasteiger partial charge is 0.391 e. The lowest BCUT2D eigenvalue weighted by atomic mass is 9.97. The van der Waals surface area contributed by atoms with E-state index >= 15 is 0 Å². The molecule has 0 spiro atoms. The molecule has 218 valence electrons. The van der Waals surface area contributed by atoms with Crippen LogP contribution in [0.2, 0.25) is 5.02 Å². The van der Waals surface area contributed by atoms with Gasteiger partial charge in [-0.05, 0) is 37.9 Å². The van der Waals surface area contributed by atoms with E-state index in [0.29, 0.717) is 86.7 Å². The lowest BCUT2D eigenvalue weighted by Gasteiger charge is -2.28. The van der Waals surface area contributed by atoms with Crippen LogP contribution in [0.15, 0.2) is 23.3 Å². The number of carbonyl (C=O) groups excluding carboxylic acids is 2. The van der Waals surface area contributed by atoms with Gasteiger partial charge in [0.15, 0.2) is 5.78 Å². The van der Waals surface area contributed by atoms with Gasteiger partial charge in [-0.3, -0.25) is 19.0 Å². The van der Waals surface area contributed by atoms with Crippen LogP contribution in [0.5, 0.6) is 0 Å². The maximum absolute atomic E-state index is 13.0. The molecule has 2 aromatic rings. The van der Waals surface area contributed by atoms with E-state index in [-0.39, 0.29) is 36.3 Å². The van der Waals surface area contributed by atoms with Crippen LogP contribution in [0.3, 0.4) is 0 Å². The zero-order chi connectivity index (χ0) is 28.7. The van der Waals surface area contributed by atoms with Gasteiger partial charge in [-0.25, -0.2) is 4.98 Å². The van der Waals surface area contributed by atoms with Crippen molar-refractivity contribution in [2.75, 3.05) is 46.1 Å². The monoisotopic (exact) mass is 575 g/mol. The van der Waals surface area contributed by atoms with Gasteiger partial charge in [0.2, 0.25) is 5.91 Å². The van der Waals surface area contributed by atoms with Crippen LogP contribution in [0.4, 0.5) is 0 Å². The summed E-state index contributed by atoms with van der Waals surface area (Å²) in [6.45, 7) is 3.39. The number of ketones is 1. The Labute approximate surface area is 238 Å². The highest BCUT2D eigenvalue weighted by Gasteiger charge is 2.25. The molecule has 1 aliphatic heterocycles. The summed E-state index contributed by atoms with van der Waals surface area (Å²) >= 11 is 6.39. The van der Waals surface area contributed by atoms with Crippen molar-refractivity contribution >= 4 is 34.2 Å². The van der Waals surface area contributed by atoms with Crippen LogP contribution in [0.1, 0.15) is 44.1 Å². The van der Waals surface area contributed by atoms with Gasteiger partial charge in [0.1, 0.15) is 0 Å². The van der Waals surface area contributed by atoms with Gasteiger partial charge in [0, 0.05) is 44.0 Å². The fraction of sp³-hybridized carbons (Fsp3) is 0.571.